The van der Waals surface area contributed by atoms with E-state index in [0.29, 0.717) is 17.4 Å². The Labute approximate surface area is 442 Å². The van der Waals surface area contributed by atoms with Crippen LogP contribution in [-0.2, 0) is 32.7 Å². The maximum absolute atomic E-state index is 12.8. The predicted octanol–water partition coefficient (Wildman–Crippen LogP) is 18.8. The van der Waals surface area contributed by atoms with Crippen molar-refractivity contribution in [1.29, 1.82) is 0 Å². The first kappa shape index (κ1) is 70.0. The minimum Gasteiger partial charge on any atom is -0.756 e. The predicted molar refractivity (Wildman–Crippen MR) is 301 cm³/mol. The Morgan fingerprint density at radius 2 is 0.634 bits per heavy atom. The molecule has 0 fully saturated rings. The average molecular weight is 1030 g/mol. The molecule has 0 bridgehead atoms. The molecule has 0 aliphatic rings. The van der Waals surface area contributed by atoms with Gasteiger partial charge in [0.05, 0.1) is 27.7 Å². The van der Waals surface area contributed by atoms with Crippen LogP contribution in [-0.4, -0.2) is 70.0 Å². The molecule has 0 heterocycles. The van der Waals surface area contributed by atoms with E-state index in [9.17, 15) is 19.0 Å². The fraction of sp³-hybridized carbons (Fsp3) is 0.967. The summed E-state index contributed by atoms with van der Waals surface area (Å²) < 4.78 is 34.2. The maximum atomic E-state index is 12.8. The van der Waals surface area contributed by atoms with Crippen molar-refractivity contribution in [2.24, 2.45) is 0 Å². The Morgan fingerprint density at radius 3 is 0.901 bits per heavy atom. The normalized spacial score (nSPS) is 13.2. The van der Waals surface area contributed by atoms with Crippen LogP contribution in [0.1, 0.15) is 328 Å². The molecule has 0 aliphatic carbocycles. The first-order valence-electron chi connectivity index (χ1n) is 31.2. The lowest BCUT2D eigenvalue weighted by molar-refractivity contribution is -0.870. The summed E-state index contributed by atoms with van der Waals surface area (Å²) in [5.74, 6) is -0.806. The van der Waals surface area contributed by atoms with Crippen molar-refractivity contribution in [3.63, 3.8) is 0 Å². The molecule has 0 aliphatic heterocycles. The van der Waals surface area contributed by atoms with Gasteiger partial charge in [0, 0.05) is 12.8 Å². The van der Waals surface area contributed by atoms with E-state index < -0.39 is 26.5 Å². The number of esters is 2. The zero-order valence-corrected chi connectivity index (χ0v) is 49.1. The van der Waals surface area contributed by atoms with Gasteiger partial charge in [-0.15, -0.1) is 0 Å². The molecule has 71 heavy (non-hydrogen) atoms. The van der Waals surface area contributed by atoms with Gasteiger partial charge in [0.25, 0.3) is 7.82 Å². The number of carbonyl (C=O) groups is 2. The van der Waals surface area contributed by atoms with Gasteiger partial charge < -0.3 is 27.9 Å². The topological polar surface area (TPSA) is 111 Å². The number of hydrogen-bond donors (Lipinski definition) is 0. The van der Waals surface area contributed by atoms with Gasteiger partial charge in [-0.3, -0.25) is 14.2 Å². The summed E-state index contributed by atoms with van der Waals surface area (Å²) >= 11 is 0. The number of carbonyl (C=O) groups excluding carboxylic acids is 2. The lowest BCUT2D eigenvalue weighted by Crippen LogP contribution is -2.37. The highest BCUT2D eigenvalue weighted by molar-refractivity contribution is 7.45. The van der Waals surface area contributed by atoms with Gasteiger partial charge in [0.15, 0.2) is 6.10 Å². The highest BCUT2D eigenvalue weighted by atomic mass is 31.2. The highest BCUT2D eigenvalue weighted by Gasteiger charge is 2.22. The van der Waals surface area contributed by atoms with Crippen LogP contribution in [0.2, 0.25) is 0 Å². The molecule has 0 radical (unpaired) electrons. The minimum atomic E-state index is -4.63. The first-order chi connectivity index (χ1) is 34.5. The second-order valence-corrected chi connectivity index (χ2v) is 24.2. The van der Waals surface area contributed by atoms with Gasteiger partial charge in [0.1, 0.15) is 19.8 Å². The van der Waals surface area contributed by atoms with Crippen molar-refractivity contribution in [2.45, 2.75) is 335 Å². The lowest BCUT2D eigenvalue weighted by Gasteiger charge is -2.28. The molecule has 424 valence electrons. The molecule has 0 rings (SSSR count). The van der Waals surface area contributed by atoms with Crippen molar-refractivity contribution in [1.82, 2.24) is 0 Å². The van der Waals surface area contributed by atoms with E-state index in [-0.39, 0.29) is 32.0 Å². The van der Waals surface area contributed by atoms with Gasteiger partial charge in [-0.2, -0.15) is 0 Å². The van der Waals surface area contributed by atoms with E-state index in [1.54, 1.807) is 0 Å². The number of unbranched alkanes of at least 4 members (excludes halogenated alkanes) is 45. The zero-order chi connectivity index (χ0) is 52.0. The highest BCUT2D eigenvalue weighted by Crippen LogP contribution is 2.38. The number of phosphoric ester groups is 1. The summed E-state index contributed by atoms with van der Waals surface area (Å²) in [4.78, 5) is 37.9. The second kappa shape index (κ2) is 53.8. The van der Waals surface area contributed by atoms with Crippen molar-refractivity contribution in [3.05, 3.63) is 0 Å². The summed E-state index contributed by atoms with van der Waals surface area (Å²) in [5, 5.41) is 0. The lowest BCUT2D eigenvalue weighted by atomic mass is 10.0. The average Bonchev–Trinajstić information content (AvgIpc) is 3.33. The third-order valence-electron chi connectivity index (χ3n) is 14.4. The van der Waals surface area contributed by atoms with Crippen LogP contribution in [0, 0.1) is 0 Å². The van der Waals surface area contributed by atoms with Crippen LogP contribution in [0.15, 0.2) is 0 Å². The molecule has 0 N–H and O–H groups in total. The third-order valence-corrected chi connectivity index (χ3v) is 15.3. The number of likely N-dealkylation sites (N-methyl/N-ethyl adjacent to an activating group) is 1. The van der Waals surface area contributed by atoms with Crippen LogP contribution in [0.5, 0.6) is 0 Å². The summed E-state index contributed by atoms with van der Waals surface area (Å²) in [6.07, 6.45) is 61.6. The van der Waals surface area contributed by atoms with Gasteiger partial charge in [-0.05, 0) is 12.8 Å². The van der Waals surface area contributed by atoms with Crippen molar-refractivity contribution in [2.75, 3.05) is 47.5 Å². The Bertz CT molecular complexity index is 1160. The molecule has 0 aromatic carbocycles. The Hall–Kier alpha value is -0.990. The molecular weight excluding hydrogens is 906 g/mol. The fourth-order valence-electron chi connectivity index (χ4n) is 9.54. The number of phosphoric acid groups is 1. The second-order valence-electron chi connectivity index (χ2n) is 22.8. The van der Waals surface area contributed by atoms with Crippen LogP contribution in [0.4, 0.5) is 0 Å². The molecule has 2 atom stereocenters. The largest absolute Gasteiger partial charge is 0.756 e. The Kier molecular flexibility index (Phi) is 53.1. The third kappa shape index (κ3) is 58.1. The molecule has 0 aromatic heterocycles. The number of rotatable bonds is 59. The van der Waals surface area contributed by atoms with Crippen LogP contribution in [0.3, 0.4) is 0 Å². The van der Waals surface area contributed by atoms with Gasteiger partial charge in [0.2, 0.25) is 0 Å². The molecule has 10 heteroatoms. The minimum absolute atomic E-state index is 0.0250. The summed E-state index contributed by atoms with van der Waals surface area (Å²) in [6.45, 7) is 4.33. The fourth-order valence-corrected chi connectivity index (χ4v) is 10.3. The van der Waals surface area contributed by atoms with Crippen molar-refractivity contribution in [3.8, 4) is 0 Å². The summed E-state index contributed by atoms with van der Waals surface area (Å²) in [5.41, 5.74) is 0. The number of quaternary nitrogens is 1. The molecule has 0 saturated heterocycles. The van der Waals surface area contributed by atoms with Crippen LogP contribution in [0.25, 0.3) is 0 Å². The summed E-state index contributed by atoms with van der Waals surface area (Å²) in [7, 11) is 1.19. The van der Waals surface area contributed by atoms with Crippen LogP contribution >= 0.6 is 7.82 Å². The molecule has 9 nitrogen and oxygen atoms in total. The van der Waals surface area contributed by atoms with E-state index in [4.69, 9.17) is 18.5 Å². The number of hydrogen-bond acceptors (Lipinski definition) is 8. The standard InChI is InChI=1S/C61H122NO8P/c1-6-8-10-12-14-16-18-20-22-24-26-28-30-32-34-36-38-40-42-44-46-48-50-52-54-61(64)70-59(58-69-71(65,66)68-56-55-62(3,4)5)57-67-60(63)53-51-49-47-45-43-41-39-37-35-33-31-29-27-25-23-21-19-17-15-13-11-9-7-2/h59H,6-58H2,1-5H3. The van der Waals surface area contributed by atoms with E-state index in [2.05, 4.69) is 13.8 Å². The van der Waals surface area contributed by atoms with Gasteiger partial charge in [-0.25, -0.2) is 0 Å². The van der Waals surface area contributed by atoms with Crippen molar-refractivity contribution < 1.29 is 42.1 Å². The number of ether oxygens (including phenoxy) is 2. The smallest absolute Gasteiger partial charge is 0.306 e. The monoisotopic (exact) mass is 1030 g/mol. The van der Waals surface area contributed by atoms with E-state index in [0.717, 1.165) is 32.1 Å². The zero-order valence-electron chi connectivity index (χ0n) is 48.2. The molecular formula is C61H122NO8P. The maximum Gasteiger partial charge on any atom is 0.306 e. The SMILES string of the molecule is CCCCCCCCCCCCCCCCCCCCCCCCCCC(=O)OC(COC(=O)CCCCCCCCCCCCCCCCCCCCCCCCC)COP(=O)([O-])OCC[N+](C)(C)C. The molecule has 0 amide bonds. The summed E-state index contributed by atoms with van der Waals surface area (Å²) in [6, 6.07) is 0. The Balaban J connectivity index is 4.06. The quantitative estimate of drug-likeness (QED) is 0.0256. The first-order valence-corrected chi connectivity index (χ1v) is 32.7. The number of nitrogens with zero attached hydrogens (tertiary/aromatic N) is 1. The van der Waals surface area contributed by atoms with Gasteiger partial charge in [-0.1, -0.05) is 303 Å². The van der Waals surface area contributed by atoms with Crippen molar-refractivity contribution >= 4 is 19.8 Å². The van der Waals surface area contributed by atoms with Crippen LogP contribution < -0.4 is 4.89 Å². The molecule has 0 aromatic rings. The Morgan fingerprint density at radius 1 is 0.380 bits per heavy atom. The van der Waals surface area contributed by atoms with E-state index >= 15 is 0 Å². The van der Waals surface area contributed by atoms with E-state index in [1.807, 2.05) is 21.1 Å². The van der Waals surface area contributed by atoms with E-state index in [1.165, 1.54) is 263 Å². The van der Waals surface area contributed by atoms with Gasteiger partial charge >= 0.3 is 11.9 Å². The molecule has 0 spiro atoms. The molecule has 0 saturated carbocycles. The molecule has 2 unspecified atom stereocenters.